The van der Waals surface area contributed by atoms with Crippen LogP contribution in [0.3, 0.4) is 0 Å². The number of anilines is 2. The zero-order valence-corrected chi connectivity index (χ0v) is 16.6. The van der Waals surface area contributed by atoms with Crippen molar-refractivity contribution in [1.29, 1.82) is 0 Å². The molecule has 0 heterocycles. The molecule has 2 saturated carbocycles. The topological polar surface area (TPSA) is 105 Å². The maximum absolute atomic E-state index is 13.3. The number of hydrogen-bond donors (Lipinski definition) is 3. The summed E-state index contributed by atoms with van der Waals surface area (Å²) in [5, 5.41) is 26.7. The van der Waals surface area contributed by atoms with Crippen LogP contribution in [0, 0.1) is 16.0 Å². The van der Waals surface area contributed by atoms with Crippen LogP contribution in [0.25, 0.3) is 0 Å². The number of alkyl halides is 5. The standard InChI is InChI=1S/C19H22F5N3O4/c1-25-16-13(27(30)31)6-12(17(28)29)15(26-11-7-18(20,21)8-11)14(16)9-2-4-10(5-3-9)19(22,23)24/h6,9-11,25-26H,2-5,7-8H2,1H3,(H,28,29). The Hall–Kier alpha value is -2.66. The third kappa shape index (κ3) is 4.67. The Balaban J connectivity index is 2.07. The number of aromatic carboxylic acids is 1. The van der Waals surface area contributed by atoms with Crippen molar-refractivity contribution in [2.45, 2.75) is 62.6 Å². The van der Waals surface area contributed by atoms with E-state index in [1.807, 2.05) is 0 Å². The normalized spacial score (nSPS) is 23.7. The first-order valence-electron chi connectivity index (χ1n) is 9.81. The van der Waals surface area contributed by atoms with E-state index in [4.69, 9.17) is 0 Å². The first-order chi connectivity index (χ1) is 14.3. The predicted molar refractivity (Wildman–Crippen MR) is 102 cm³/mol. The Morgan fingerprint density at radius 2 is 1.77 bits per heavy atom. The fourth-order valence-corrected chi connectivity index (χ4v) is 4.51. The molecule has 3 N–H and O–H groups in total. The molecule has 0 saturated heterocycles. The first kappa shape index (κ1) is 23.0. The molecule has 0 aromatic heterocycles. The number of nitro groups is 1. The van der Waals surface area contributed by atoms with Crippen LogP contribution in [-0.4, -0.2) is 41.2 Å². The maximum Gasteiger partial charge on any atom is 0.391 e. The van der Waals surface area contributed by atoms with Gasteiger partial charge in [-0.1, -0.05) is 0 Å². The van der Waals surface area contributed by atoms with Gasteiger partial charge in [0.1, 0.15) is 5.69 Å². The highest BCUT2D eigenvalue weighted by Crippen LogP contribution is 2.50. The number of rotatable bonds is 6. The van der Waals surface area contributed by atoms with E-state index < -0.39 is 65.0 Å². The van der Waals surface area contributed by atoms with Gasteiger partial charge in [0, 0.05) is 37.6 Å². The summed E-state index contributed by atoms with van der Waals surface area (Å²) >= 11 is 0. The SMILES string of the molecule is CNc1c([N+](=O)[O-])cc(C(=O)O)c(NC2CC(F)(F)C2)c1C1CCC(C(F)(F)F)CC1. The molecule has 0 spiro atoms. The molecule has 2 fully saturated rings. The van der Waals surface area contributed by atoms with Gasteiger partial charge in [0.2, 0.25) is 0 Å². The van der Waals surface area contributed by atoms with Gasteiger partial charge in [-0.05, 0) is 31.6 Å². The molecule has 0 aliphatic heterocycles. The Morgan fingerprint density at radius 1 is 1.19 bits per heavy atom. The van der Waals surface area contributed by atoms with Crippen LogP contribution in [0.4, 0.5) is 39.0 Å². The molecule has 12 heteroatoms. The Kier molecular flexibility index (Phi) is 6.03. The number of halogens is 5. The molecule has 1 aromatic rings. The van der Waals surface area contributed by atoms with E-state index in [-0.39, 0.29) is 42.6 Å². The van der Waals surface area contributed by atoms with Crippen LogP contribution < -0.4 is 10.6 Å². The second kappa shape index (κ2) is 8.12. The fraction of sp³-hybridized carbons (Fsp3) is 0.632. The monoisotopic (exact) mass is 451 g/mol. The molecule has 2 aliphatic rings. The van der Waals surface area contributed by atoms with Gasteiger partial charge in [0.05, 0.1) is 22.1 Å². The fourth-order valence-electron chi connectivity index (χ4n) is 4.51. The maximum atomic E-state index is 13.3. The average Bonchev–Trinajstić information content (AvgIpc) is 2.64. The van der Waals surface area contributed by atoms with Crippen molar-refractivity contribution in [3.05, 3.63) is 27.3 Å². The first-order valence-corrected chi connectivity index (χ1v) is 9.81. The Morgan fingerprint density at radius 3 is 2.19 bits per heavy atom. The lowest BCUT2D eigenvalue weighted by atomic mass is 9.76. The number of carboxylic acids is 1. The zero-order chi connectivity index (χ0) is 23.1. The molecule has 172 valence electrons. The van der Waals surface area contributed by atoms with Gasteiger partial charge in [-0.25, -0.2) is 13.6 Å². The minimum Gasteiger partial charge on any atom is -0.478 e. The third-order valence-corrected chi connectivity index (χ3v) is 6.06. The van der Waals surface area contributed by atoms with Gasteiger partial charge in [-0.15, -0.1) is 0 Å². The Bertz CT molecular complexity index is 874. The summed E-state index contributed by atoms with van der Waals surface area (Å²) in [7, 11) is 1.38. The zero-order valence-electron chi connectivity index (χ0n) is 16.6. The van der Waals surface area contributed by atoms with E-state index in [0.29, 0.717) is 0 Å². The van der Waals surface area contributed by atoms with Crippen molar-refractivity contribution in [2.75, 3.05) is 17.7 Å². The van der Waals surface area contributed by atoms with E-state index in [1.165, 1.54) is 7.05 Å². The van der Waals surface area contributed by atoms with E-state index in [9.17, 15) is 42.0 Å². The lowest BCUT2D eigenvalue weighted by Gasteiger charge is -2.38. The van der Waals surface area contributed by atoms with Crippen molar-refractivity contribution in [1.82, 2.24) is 0 Å². The number of nitrogens with zero attached hydrogens (tertiary/aromatic N) is 1. The average molecular weight is 451 g/mol. The number of nitro benzene ring substituents is 1. The summed E-state index contributed by atoms with van der Waals surface area (Å²) in [4.78, 5) is 22.6. The lowest BCUT2D eigenvalue weighted by Crippen LogP contribution is -2.44. The van der Waals surface area contributed by atoms with Crippen LogP contribution >= 0.6 is 0 Å². The van der Waals surface area contributed by atoms with Crippen LogP contribution in [0.1, 0.15) is 60.4 Å². The highest BCUT2D eigenvalue weighted by molar-refractivity contribution is 5.99. The molecule has 0 atom stereocenters. The molecular weight excluding hydrogens is 429 g/mol. The summed E-state index contributed by atoms with van der Waals surface area (Å²) in [5.41, 5.74) is -0.881. The number of carboxylic acid groups (broad SMARTS) is 1. The smallest absolute Gasteiger partial charge is 0.391 e. The quantitative estimate of drug-likeness (QED) is 0.305. The van der Waals surface area contributed by atoms with Gasteiger partial charge in [0.15, 0.2) is 0 Å². The molecule has 0 unspecified atom stereocenters. The van der Waals surface area contributed by atoms with Crippen LogP contribution in [0.15, 0.2) is 6.07 Å². The van der Waals surface area contributed by atoms with Gasteiger partial charge in [-0.3, -0.25) is 10.1 Å². The molecule has 2 aliphatic carbocycles. The minimum atomic E-state index is -4.36. The molecule has 0 bridgehead atoms. The van der Waals surface area contributed by atoms with E-state index in [2.05, 4.69) is 10.6 Å². The summed E-state index contributed by atoms with van der Waals surface area (Å²) in [6.07, 6.45) is -5.75. The van der Waals surface area contributed by atoms with E-state index in [1.54, 1.807) is 0 Å². The van der Waals surface area contributed by atoms with Crippen LogP contribution in [0.2, 0.25) is 0 Å². The molecule has 1 aromatic carbocycles. The number of benzene rings is 1. The van der Waals surface area contributed by atoms with Crippen molar-refractivity contribution in [3.8, 4) is 0 Å². The van der Waals surface area contributed by atoms with Crippen LogP contribution in [-0.2, 0) is 0 Å². The molecule has 31 heavy (non-hydrogen) atoms. The predicted octanol–water partition coefficient (Wildman–Crippen LogP) is 5.38. The van der Waals surface area contributed by atoms with Crippen molar-refractivity contribution >= 4 is 23.0 Å². The Labute approximate surface area is 174 Å². The van der Waals surface area contributed by atoms with Crippen molar-refractivity contribution < 1.29 is 36.8 Å². The number of hydrogen-bond acceptors (Lipinski definition) is 5. The molecule has 3 rings (SSSR count). The number of carbonyl (C=O) groups is 1. The molecule has 7 nitrogen and oxygen atoms in total. The van der Waals surface area contributed by atoms with Crippen molar-refractivity contribution in [2.24, 2.45) is 5.92 Å². The third-order valence-electron chi connectivity index (χ3n) is 6.06. The molecular formula is C19H22F5N3O4. The largest absolute Gasteiger partial charge is 0.478 e. The van der Waals surface area contributed by atoms with Gasteiger partial charge in [0.25, 0.3) is 11.6 Å². The highest BCUT2D eigenvalue weighted by Gasteiger charge is 2.47. The number of nitrogens with one attached hydrogen (secondary N) is 2. The minimum absolute atomic E-state index is 0.0148. The van der Waals surface area contributed by atoms with Crippen LogP contribution in [0.5, 0.6) is 0 Å². The molecule has 0 amide bonds. The van der Waals surface area contributed by atoms with Gasteiger partial charge >= 0.3 is 12.1 Å². The van der Waals surface area contributed by atoms with Crippen molar-refractivity contribution in [3.63, 3.8) is 0 Å². The second-order valence-corrected chi connectivity index (χ2v) is 8.11. The summed E-state index contributed by atoms with van der Waals surface area (Å²) in [6.45, 7) is 0. The lowest BCUT2D eigenvalue weighted by molar-refractivity contribution is -0.384. The van der Waals surface area contributed by atoms with Gasteiger partial charge in [-0.2, -0.15) is 13.2 Å². The van der Waals surface area contributed by atoms with E-state index >= 15 is 0 Å². The van der Waals surface area contributed by atoms with E-state index in [0.717, 1.165) is 6.07 Å². The second-order valence-electron chi connectivity index (χ2n) is 8.11. The summed E-state index contributed by atoms with van der Waals surface area (Å²) in [6, 6.07) is 0.0996. The summed E-state index contributed by atoms with van der Waals surface area (Å²) < 4.78 is 65.8. The molecule has 0 radical (unpaired) electrons. The van der Waals surface area contributed by atoms with Gasteiger partial charge < -0.3 is 15.7 Å². The highest BCUT2D eigenvalue weighted by atomic mass is 19.4. The summed E-state index contributed by atoms with van der Waals surface area (Å²) in [5.74, 6) is -6.48.